The number of methoxy groups -OCH3 is 2. The summed E-state index contributed by atoms with van der Waals surface area (Å²) >= 11 is 0. The van der Waals surface area contributed by atoms with E-state index in [1.54, 1.807) is 55.2 Å². The number of unbranched alkanes of at least 4 members (excludes halogenated alkanes) is 18. The Morgan fingerprint density at radius 2 is 0.683 bits per heavy atom. The van der Waals surface area contributed by atoms with Crippen LogP contribution in [0.1, 0.15) is 293 Å². The Hall–Kier alpha value is -10.8. The fourth-order valence-electron chi connectivity index (χ4n) is 18.2. The molecule has 6 rings (SSSR count). The average molecular weight is 2040 g/mol. The molecular formula is C107H163N7O31. The minimum atomic E-state index is -1.61. The fourth-order valence-corrected chi connectivity index (χ4v) is 18.2. The molecule has 16 atom stereocenters. The van der Waals surface area contributed by atoms with Gasteiger partial charge >= 0.3 is 41.8 Å². The molecule has 3 heterocycles. The molecule has 7 unspecified atom stereocenters. The summed E-state index contributed by atoms with van der Waals surface area (Å²) in [5.41, 5.74) is 0.451. The lowest BCUT2D eigenvalue weighted by Gasteiger charge is -2.44. The number of carbonyl (C=O) groups excluding carboxylic acids is 15. The molecule has 0 bridgehead atoms. The lowest BCUT2D eigenvalue weighted by Crippen LogP contribution is -2.62. The highest BCUT2D eigenvalue weighted by molar-refractivity contribution is 5.86. The summed E-state index contributed by atoms with van der Waals surface area (Å²) in [6.45, 7) is 19.4. The predicted octanol–water partition coefficient (Wildman–Crippen LogP) is 11.8. The van der Waals surface area contributed by atoms with E-state index in [2.05, 4.69) is 26.6 Å². The zero-order valence-electron chi connectivity index (χ0n) is 88.0. The normalized spacial score (nSPS) is 20.9. The quantitative estimate of drug-likeness (QED) is 0.0152. The van der Waals surface area contributed by atoms with Gasteiger partial charge in [0.1, 0.15) is 79.3 Å². The van der Waals surface area contributed by atoms with Crippen LogP contribution in [0.2, 0.25) is 0 Å². The van der Waals surface area contributed by atoms with E-state index >= 15 is 4.79 Å². The average Bonchev–Trinajstić information content (AvgIpc) is 0.746. The molecule has 0 saturated carbocycles. The first-order valence-corrected chi connectivity index (χ1v) is 51.8. The minimum absolute atomic E-state index is 0.0456. The van der Waals surface area contributed by atoms with Crippen LogP contribution in [0.3, 0.4) is 0 Å². The standard InChI is InChI=1S/C107H163N7O31/c1-71(115)48-57-96(128)142-92(70-138-107(84-43-32-31-33-44-84,85-49-53-87(130-14)54-50-85)86-51-55-88(131-15)56-52-86)103(129)114(61-41-59-109-94(126)46-35-26-20-17-23-29-38-65-133-105-98(111-76(6)117)73(3)101(140-82(12)123)90(144-105)68-136-79(9)120)63-42-62-113(95(127)47-36-27-21-18-24-30-39-66-134-106-99(112-77(7)118)74(4)102(141-83(13)124)91(145-106)69-137-80(10)121)60-40-58-108-93(125)45-34-25-19-16-22-28-37-64-132-104-97(110-75(5)116)72(2)100(139-81(11)122)89(143-104)67-135-78(8)119/h31-33,43-44,49-56,72-74,89-92,97-102,104-106H,16-30,34-42,45-48,57-70H2,1-15H3,(H,108,125)(H,109,126)(H,110,116)(H,111,117)(H,112,118)/t72-,73-,74-,89?,90?,91?,92?,97?,98?,99?,100-,101-,102-,104-,105-,106-/m1/s1. The molecule has 38 heteroatoms. The van der Waals surface area contributed by atoms with E-state index in [1.807, 2.05) is 68.4 Å². The predicted molar refractivity (Wildman–Crippen MR) is 533 cm³/mol. The molecule has 0 radical (unpaired) electrons. The highest BCUT2D eigenvalue weighted by atomic mass is 16.7. The van der Waals surface area contributed by atoms with Crippen LogP contribution in [-0.2, 0) is 144 Å². The minimum Gasteiger partial charge on any atom is -0.497 e. The Bertz CT molecular complexity index is 4400. The fraction of sp³-hybridized carbons (Fsp3) is 0.692. The van der Waals surface area contributed by atoms with Crippen LogP contribution >= 0.6 is 0 Å². The lowest BCUT2D eigenvalue weighted by atomic mass is 9.80. The molecular weight excluding hydrogens is 1880 g/mol. The number of nitrogens with zero attached hydrogens (tertiary/aromatic N) is 2. The SMILES string of the molecule is COc1ccc(C(OCC(OC(=O)CCC(C)=O)C(=O)N(CCCNC(=O)CCCCCCCCCO[C@@H]2OC(COC(C)=O)[C@H](OC(C)=O)[C@H](C)C2NC(C)=O)CCCN(CCCNC(=O)CCCCCCCCCO[C@@H]2OC(COC(C)=O)[C@H](OC(C)=O)[C@H](C)C2NC(C)=O)C(=O)CCCCCCCCCO[C@@H]2OC(COC(C)=O)[C@H](OC(C)=O)[C@H](C)C2NC(C)=O)(c2ccccc2)c2ccc(OC)cc2)cc1. The topological polar surface area (TPSA) is 470 Å². The van der Waals surface area contributed by atoms with Crippen molar-refractivity contribution in [2.75, 3.05) is 99.7 Å². The van der Waals surface area contributed by atoms with Crippen LogP contribution in [0.15, 0.2) is 78.9 Å². The number of Topliss-reactive ketones (excluding diaryl/α,β-unsaturated/α-hetero) is 1. The Kier molecular flexibility index (Phi) is 57.6. The van der Waals surface area contributed by atoms with Gasteiger partial charge in [0.25, 0.3) is 5.91 Å². The summed E-state index contributed by atoms with van der Waals surface area (Å²) in [5.74, 6) is -6.58. The van der Waals surface area contributed by atoms with Gasteiger partial charge in [0.05, 0.1) is 45.4 Å². The van der Waals surface area contributed by atoms with Crippen LogP contribution in [-0.4, -0.2) is 278 Å². The van der Waals surface area contributed by atoms with Gasteiger partial charge in [-0.2, -0.15) is 0 Å². The molecule has 7 amide bonds. The van der Waals surface area contributed by atoms with Crippen molar-refractivity contribution in [2.45, 2.75) is 362 Å². The van der Waals surface area contributed by atoms with Crippen molar-refractivity contribution < 1.29 is 148 Å². The maximum atomic E-state index is 15.9. The van der Waals surface area contributed by atoms with Gasteiger partial charge in [-0.25, -0.2) is 0 Å². The van der Waals surface area contributed by atoms with Gasteiger partial charge in [-0.05, 0) is 106 Å². The highest BCUT2D eigenvalue weighted by Crippen LogP contribution is 2.43. The van der Waals surface area contributed by atoms with E-state index in [1.165, 1.54) is 69.2 Å². The largest absolute Gasteiger partial charge is 0.497 e. The number of hydrogen-bond acceptors (Lipinski definition) is 31. The van der Waals surface area contributed by atoms with Crippen LogP contribution < -0.4 is 36.1 Å². The van der Waals surface area contributed by atoms with Gasteiger partial charge < -0.3 is 117 Å². The maximum Gasteiger partial charge on any atom is 0.307 e. The smallest absolute Gasteiger partial charge is 0.307 e. The third kappa shape index (κ3) is 45.6. The summed E-state index contributed by atoms with van der Waals surface area (Å²) in [6, 6.07) is 22.0. The van der Waals surface area contributed by atoms with E-state index in [4.69, 9.17) is 75.8 Å². The Balaban J connectivity index is 1.14. The number of esters is 7. The number of ether oxygens (including phenoxy) is 16. The van der Waals surface area contributed by atoms with Crippen LogP contribution in [0.25, 0.3) is 0 Å². The van der Waals surface area contributed by atoms with E-state index in [9.17, 15) is 67.1 Å². The number of nitrogens with one attached hydrogen (secondary N) is 5. The summed E-state index contributed by atoms with van der Waals surface area (Å²) < 4.78 is 94.4. The molecule has 5 N–H and O–H groups in total. The molecule has 145 heavy (non-hydrogen) atoms. The molecule has 0 aromatic heterocycles. The molecule has 3 aromatic rings. The van der Waals surface area contributed by atoms with Crippen molar-refractivity contribution >= 4 is 88.9 Å². The maximum absolute atomic E-state index is 15.9. The second kappa shape index (κ2) is 67.9. The van der Waals surface area contributed by atoms with Gasteiger partial charge in [0.2, 0.25) is 41.5 Å². The summed E-state index contributed by atoms with van der Waals surface area (Å²) in [6.07, 6.45) is 8.54. The van der Waals surface area contributed by atoms with Crippen LogP contribution in [0, 0.1) is 17.8 Å². The van der Waals surface area contributed by atoms with E-state index in [-0.39, 0.29) is 145 Å². The first-order chi connectivity index (χ1) is 69.4. The second-order valence-electron chi connectivity index (χ2n) is 37.8. The number of carbonyl (C=O) groups is 15. The van der Waals surface area contributed by atoms with Crippen molar-refractivity contribution in [1.29, 1.82) is 0 Å². The number of ketones is 1. The van der Waals surface area contributed by atoms with Crippen molar-refractivity contribution in [1.82, 2.24) is 36.4 Å². The zero-order valence-corrected chi connectivity index (χ0v) is 88.0. The zero-order chi connectivity index (χ0) is 106. The molecule has 3 saturated heterocycles. The molecule has 3 aliphatic rings. The monoisotopic (exact) mass is 2040 g/mol. The first kappa shape index (κ1) is 123. The highest BCUT2D eigenvalue weighted by Gasteiger charge is 2.51. The lowest BCUT2D eigenvalue weighted by molar-refractivity contribution is -0.262. The Morgan fingerprint density at radius 1 is 0.359 bits per heavy atom. The third-order valence-electron chi connectivity index (χ3n) is 25.7. The Labute approximate surface area is 855 Å². The molecule has 3 fully saturated rings. The summed E-state index contributed by atoms with van der Waals surface area (Å²) in [7, 11) is 3.11. The number of benzene rings is 3. The Morgan fingerprint density at radius 3 is 1.02 bits per heavy atom. The van der Waals surface area contributed by atoms with E-state index in [0.29, 0.717) is 92.8 Å². The molecule has 0 aliphatic carbocycles. The van der Waals surface area contributed by atoms with Gasteiger partial charge in [-0.15, -0.1) is 0 Å². The second-order valence-corrected chi connectivity index (χ2v) is 37.8. The van der Waals surface area contributed by atoms with Gasteiger partial charge in [0, 0.05) is 165 Å². The van der Waals surface area contributed by atoms with Crippen LogP contribution in [0.4, 0.5) is 0 Å². The van der Waals surface area contributed by atoms with E-state index < -0.39 is 157 Å². The van der Waals surface area contributed by atoms with Crippen molar-refractivity contribution in [3.05, 3.63) is 95.6 Å². The number of amides is 7. The molecule has 3 aromatic carbocycles. The number of hydrogen-bond donors (Lipinski definition) is 5. The van der Waals surface area contributed by atoms with Gasteiger partial charge in [-0.3, -0.25) is 67.1 Å². The molecule has 812 valence electrons. The van der Waals surface area contributed by atoms with Gasteiger partial charge in [0.15, 0.2) is 18.9 Å². The summed E-state index contributed by atoms with van der Waals surface area (Å²) in [5, 5.41) is 14.7. The molecule has 38 nitrogen and oxygen atoms in total. The van der Waals surface area contributed by atoms with Crippen molar-refractivity contribution in [3.63, 3.8) is 0 Å². The molecule has 0 spiro atoms. The molecule has 3 aliphatic heterocycles. The van der Waals surface area contributed by atoms with Crippen molar-refractivity contribution in [3.8, 4) is 11.5 Å². The van der Waals surface area contributed by atoms with Gasteiger partial charge in [-0.1, -0.05) is 172 Å². The first-order valence-electron chi connectivity index (χ1n) is 51.8. The van der Waals surface area contributed by atoms with Crippen molar-refractivity contribution in [2.24, 2.45) is 17.8 Å². The number of rotatable bonds is 70. The summed E-state index contributed by atoms with van der Waals surface area (Å²) in [4.78, 5) is 196. The van der Waals surface area contributed by atoms with Crippen LogP contribution in [0.5, 0.6) is 11.5 Å². The third-order valence-corrected chi connectivity index (χ3v) is 25.7. The van der Waals surface area contributed by atoms with E-state index in [0.717, 1.165) is 96.3 Å².